The second kappa shape index (κ2) is 8.41. The Balaban J connectivity index is 1.81. The lowest BCUT2D eigenvalue weighted by molar-refractivity contribution is -0.166. The van der Waals surface area contributed by atoms with Gasteiger partial charge in [-0.05, 0) is 25.8 Å². The predicted octanol–water partition coefficient (Wildman–Crippen LogP) is 0.243. The van der Waals surface area contributed by atoms with Gasteiger partial charge in [-0.3, -0.25) is 9.59 Å². The highest BCUT2D eigenvalue weighted by Crippen LogP contribution is 2.36. The number of ether oxygens (including phenoxy) is 1. The number of morpholine rings is 1. The van der Waals surface area contributed by atoms with Crippen molar-refractivity contribution in [2.75, 3.05) is 39.8 Å². The molecule has 0 radical (unpaired) electrons. The van der Waals surface area contributed by atoms with E-state index in [1.807, 2.05) is 30.3 Å². The standard InChI is InChI=1S/C20H29N3O5S/c1-15(2)29(26,27)23-13-17(20(14-23)19(25)21-10-12-28-20)18(24)22(3)11-9-16-7-5-4-6-8-16/h4-8,15,17H,9-14H2,1-3H3,(H,21,25)/t17-,20-/m1/s1. The Morgan fingerprint density at radius 2 is 2.03 bits per heavy atom. The number of sulfonamides is 1. The minimum atomic E-state index is -3.62. The van der Waals surface area contributed by atoms with Crippen LogP contribution in [-0.2, 0) is 30.8 Å². The van der Waals surface area contributed by atoms with Crippen LogP contribution in [0.2, 0.25) is 0 Å². The molecule has 1 aromatic carbocycles. The summed E-state index contributed by atoms with van der Waals surface area (Å²) in [6.45, 7) is 4.05. The van der Waals surface area contributed by atoms with Crippen LogP contribution in [0, 0.1) is 5.92 Å². The minimum Gasteiger partial charge on any atom is -0.361 e. The van der Waals surface area contributed by atoms with Crippen LogP contribution in [0.25, 0.3) is 0 Å². The Hall–Kier alpha value is -1.97. The Labute approximate surface area is 172 Å². The first-order chi connectivity index (χ1) is 13.7. The molecular formula is C20H29N3O5S. The molecule has 1 spiro atoms. The van der Waals surface area contributed by atoms with Gasteiger partial charge >= 0.3 is 0 Å². The number of nitrogens with one attached hydrogen (secondary N) is 1. The molecule has 9 heteroatoms. The molecule has 2 saturated heterocycles. The Morgan fingerprint density at radius 1 is 1.34 bits per heavy atom. The van der Waals surface area contributed by atoms with Gasteiger partial charge in [-0.15, -0.1) is 0 Å². The number of rotatable bonds is 6. The van der Waals surface area contributed by atoms with Crippen molar-refractivity contribution < 1.29 is 22.7 Å². The molecule has 2 atom stereocenters. The number of hydrogen-bond donors (Lipinski definition) is 1. The van der Waals surface area contributed by atoms with Crippen LogP contribution in [0.1, 0.15) is 19.4 Å². The summed E-state index contributed by atoms with van der Waals surface area (Å²) in [6, 6.07) is 9.80. The van der Waals surface area contributed by atoms with Crippen molar-refractivity contribution in [3.63, 3.8) is 0 Å². The number of amides is 2. The normalized spacial score (nSPS) is 25.4. The first-order valence-corrected chi connectivity index (χ1v) is 11.4. The van der Waals surface area contributed by atoms with E-state index in [2.05, 4.69) is 5.32 Å². The second-order valence-corrected chi connectivity index (χ2v) is 10.4. The zero-order valence-electron chi connectivity index (χ0n) is 17.1. The third kappa shape index (κ3) is 4.17. The van der Waals surface area contributed by atoms with E-state index in [9.17, 15) is 18.0 Å². The summed E-state index contributed by atoms with van der Waals surface area (Å²) in [7, 11) is -1.94. The number of hydrogen-bond acceptors (Lipinski definition) is 5. The number of benzene rings is 1. The number of carbonyl (C=O) groups is 2. The monoisotopic (exact) mass is 423 g/mol. The summed E-state index contributed by atoms with van der Waals surface area (Å²) < 4.78 is 32.5. The third-order valence-electron chi connectivity index (χ3n) is 5.70. The van der Waals surface area contributed by atoms with Gasteiger partial charge in [0.1, 0.15) is 0 Å². The highest BCUT2D eigenvalue weighted by Gasteiger charge is 2.60. The van der Waals surface area contributed by atoms with Gasteiger partial charge in [0.15, 0.2) is 5.60 Å². The van der Waals surface area contributed by atoms with Crippen LogP contribution in [0.15, 0.2) is 30.3 Å². The van der Waals surface area contributed by atoms with Crippen molar-refractivity contribution in [2.45, 2.75) is 31.1 Å². The molecule has 29 heavy (non-hydrogen) atoms. The van der Waals surface area contributed by atoms with E-state index in [-0.39, 0.29) is 25.6 Å². The molecule has 1 aromatic rings. The van der Waals surface area contributed by atoms with Gasteiger partial charge in [0, 0.05) is 26.7 Å². The maximum Gasteiger partial charge on any atom is 0.254 e. The first kappa shape index (κ1) is 21.7. The van der Waals surface area contributed by atoms with Crippen LogP contribution < -0.4 is 5.32 Å². The molecule has 2 aliphatic heterocycles. The van der Waals surface area contributed by atoms with Crippen LogP contribution in [0.3, 0.4) is 0 Å². The zero-order chi connectivity index (χ0) is 21.2. The van der Waals surface area contributed by atoms with Gasteiger partial charge in [-0.1, -0.05) is 30.3 Å². The molecule has 0 aromatic heterocycles. The van der Waals surface area contributed by atoms with E-state index in [1.54, 1.807) is 25.8 Å². The maximum atomic E-state index is 13.3. The predicted molar refractivity (Wildman–Crippen MR) is 109 cm³/mol. The zero-order valence-corrected chi connectivity index (χ0v) is 17.9. The lowest BCUT2D eigenvalue weighted by atomic mass is 9.87. The van der Waals surface area contributed by atoms with Crippen molar-refractivity contribution in [1.82, 2.24) is 14.5 Å². The highest BCUT2D eigenvalue weighted by atomic mass is 32.2. The molecule has 0 bridgehead atoms. The van der Waals surface area contributed by atoms with Crippen molar-refractivity contribution >= 4 is 21.8 Å². The quantitative estimate of drug-likeness (QED) is 0.707. The molecule has 1 N–H and O–H groups in total. The van der Waals surface area contributed by atoms with Crippen molar-refractivity contribution in [3.05, 3.63) is 35.9 Å². The molecule has 160 valence electrons. The summed E-state index contributed by atoms with van der Waals surface area (Å²) in [4.78, 5) is 27.6. The molecule has 2 heterocycles. The van der Waals surface area contributed by atoms with Crippen LogP contribution in [0.4, 0.5) is 0 Å². The van der Waals surface area contributed by atoms with Gasteiger partial charge in [0.2, 0.25) is 15.9 Å². The van der Waals surface area contributed by atoms with Gasteiger partial charge in [-0.25, -0.2) is 8.42 Å². The summed E-state index contributed by atoms with van der Waals surface area (Å²) in [5, 5.41) is 2.10. The summed E-state index contributed by atoms with van der Waals surface area (Å²) >= 11 is 0. The Kier molecular flexibility index (Phi) is 6.30. The third-order valence-corrected chi connectivity index (χ3v) is 7.89. The van der Waals surface area contributed by atoms with Crippen molar-refractivity contribution in [1.29, 1.82) is 0 Å². The summed E-state index contributed by atoms with van der Waals surface area (Å²) in [6.07, 6.45) is 0.670. The van der Waals surface area contributed by atoms with E-state index in [0.29, 0.717) is 19.5 Å². The largest absolute Gasteiger partial charge is 0.361 e. The van der Waals surface area contributed by atoms with E-state index in [1.165, 1.54) is 4.31 Å². The van der Waals surface area contributed by atoms with Crippen molar-refractivity contribution in [3.8, 4) is 0 Å². The highest BCUT2D eigenvalue weighted by molar-refractivity contribution is 7.89. The van der Waals surface area contributed by atoms with E-state index >= 15 is 0 Å². The molecule has 2 aliphatic rings. The van der Waals surface area contributed by atoms with E-state index in [0.717, 1.165) is 5.56 Å². The van der Waals surface area contributed by atoms with Crippen LogP contribution in [0.5, 0.6) is 0 Å². The van der Waals surface area contributed by atoms with Gasteiger partial charge in [0.05, 0.1) is 24.3 Å². The van der Waals surface area contributed by atoms with Crippen molar-refractivity contribution in [2.24, 2.45) is 5.92 Å². The Bertz CT molecular complexity index is 858. The molecule has 8 nitrogen and oxygen atoms in total. The fourth-order valence-electron chi connectivity index (χ4n) is 3.86. The van der Waals surface area contributed by atoms with E-state index in [4.69, 9.17) is 4.74 Å². The number of nitrogens with zero attached hydrogens (tertiary/aromatic N) is 2. The fraction of sp³-hybridized carbons (Fsp3) is 0.600. The van der Waals surface area contributed by atoms with E-state index < -0.39 is 32.7 Å². The molecular weight excluding hydrogens is 394 g/mol. The SMILES string of the molecule is CC(C)S(=O)(=O)N1C[C@H](C(=O)N(C)CCc2ccccc2)[C@@]2(C1)OCCNC2=O. The fourth-order valence-corrected chi connectivity index (χ4v) is 5.19. The molecule has 0 saturated carbocycles. The average molecular weight is 424 g/mol. The lowest BCUT2D eigenvalue weighted by Crippen LogP contribution is -2.62. The first-order valence-electron chi connectivity index (χ1n) is 9.88. The summed E-state index contributed by atoms with van der Waals surface area (Å²) in [5.74, 6) is -1.57. The van der Waals surface area contributed by atoms with Crippen LogP contribution >= 0.6 is 0 Å². The molecule has 0 unspecified atom stereocenters. The number of carbonyl (C=O) groups excluding carboxylic acids is 2. The molecule has 2 amide bonds. The maximum absolute atomic E-state index is 13.3. The Morgan fingerprint density at radius 3 is 2.66 bits per heavy atom. The lowest BCUT2D eigenvalue weighted by Gasteiger charge is -2.37. The van der Waals surface area contributed by atoms with Gasteiger partial charge in [0.25, 0.3) is 5.91 Å². The topological polar surface area (TPSA) is 96.0 Å². The average Bonchev–Trinajstić information content (AvgIpc) is 3.09. The number of likely N-dealkylation sites (N-methyl/N-ethyl adjacent to an activating group) is 1. The second-order valence-electron chi connectivity index (χ2n) is 7.93. The smallest absolute Gasteiger partial charge is 0.254 e. The van der Waals surface area contributed by atoms with Gasteiger partial charge < -0.3 is 15.0 Å². The molecule has 3 rings (SSSR count). The minimum absolute atomic E-state index is 0.0531. The summed E-state index contributed by atoms with van der Waals surface area (Å²) in [5.41, 5.74) is -0.373. The van der Waals surface area contributed by atoms with Crippen LogP contribution in [-0.4, -0.2) is 80.1 Å². The van der Waals surface area contributed by atoms with Gasteiger partial charge in [-0.2, -0.15) is 4.31 Å². The molecule has 0 aliphatic carbocycles. The molecule has 2 fully saturated rings.